The van der Waals surface area contributed by atoms with Crippen molar-refractivity contribution >= 4 is 11.7 Å². The Kier molecular flexibility index (Phi) is 5.22. The van der Waals surface area contributed by atoms with E-state index in [0.717, 1.165) is 4.57 Å². The van der Waals surface area contributed by atoms with Crippen molar-refractivity contribution in [1.29, 1.82) is 0 Å². The van der Waals surface area contributed by atoms with Crippen molar-refractivity contribution in [3.05, 3.63) is 48.3 Å². The zero-order chi connectivity index (χ0) is 17.8. The fourth-order valence-corrected chi connectivity index (χ4v) is 2.71. The minimum Gasteiger partial charge on any atom is -0.322 e. The summed E-state index contributed by atoms with van der Waals surface area (Å²) in [6, 6.07) is 5.58. The molecule has 2 heterocycles. The number of para-hydroxylation sites is 1. The van der Waals surface area contributed by atoms with Crippen molar-refractivity contribution in [2.24, 2.45) is 0 Å². The maximum Gasteiger partial charge on any atom is 0.322 e. The maximum absolute atomic E-state index is 13.6. The van der Waals surface area contributed by atoms with Crippen LogP contribution >= 0.6 is 0 Å². The molecule has 0 spiro atoms. The molecule has 0 radical (unpaired) electrons. The summed E-state index contributed by atoms with van der Waals surface area (Å²) in [4.78, 5) is 19.7. The molecule has 2 aromatic rings. The first kappa shape index (κ1) is 17.3. The predicted molar refractivity (Wildman–Crippen MR) is 85.7 cm³/mol. The van der Waals surface area contributed by atoms with Crippen LogP contribution in [-0.2, 0) is 6.54 Å². The molecule has 1 aromatic heterocycles. The molecule has 9 heteroatoms. The fourth-order valence-electron chi connectivity index (χ4n) is 2.71. The Balaban J connectivity index is 1.52. The normalized spacial score (nSPS) is 15.6. The highest BCUT2D eigenvalue weighted by Crippen LogP contribution is 2.16. The van der Waals surface area contributed by atoms with Crippen LogP contribution in [0.25, 0.3) is 0 Å². The lowest BCUT2D eigenvalue weighted by molar-refractivity contribution is 0.0620. The summed E-state index contributed by atoms with van der Waals surface area (Å²) in [5, 5.41) is 2.54. The quantitative estimate of drug-likeness (QED) is 0.920. The Bertz CT molecular complexity index is 728. The van der Waals surface area contributed by atoms with Gasteiger partial charge in [-0.15, -0.1) is 0 Å². The summed E-state index contributed by atoms with van der Waals surface area (Å²) in [6.07, 6.45) is 2.59. The van der Waals surface area contributed by atoms with Crippen molar-refractivity contribution in [1.82, 2.24) is 19.4 Å². The first-order chi connectivity index (χ1) is 12.0. The number of nitrogens with zero attached hydrogens (tertiary/aromatic N) is 4. The Labute approximate surface area is 142 Å². The number of carbonyl (C=O) groups excluding carboxylic acids is 1. The standard InChI is InChI=1S/C16H18F3N5O/c17-12-3-1-2-4-13(12)21-16(25)23-9-7-22(8-10-23)11-14-20-5-6-24(14)15(18)19/h1-6,15H,7-11H2,(H,21,25). The third-order valence-electron chi connectivity index (χ3n) is 4.10. The van der Waals surface area contributed by atoms with Crippen LogP contribution in [0.4, 0.5) is 23.7 Å². The molecule has 2 amide bonds. The van der Waals surface area contributed by atoms with Gasteiger partial charge < -0.3 is 10.2 Å². The van der Waals surface area contributed by atoms with Crippen molar-refractivity contribution in [2.75, 3.05) is 31.5 Å². The number of anilines is 1. The van der Waals surface area contributed by atoms with Crippen molar-refractivity contribution in [2.45, 2.75) is 13.1 Å². The zero-order valence-electron chi connectivity index (χ0n) is 13.4. The summed E-state index contributed by atoms with van der Waals surface area (Å²) in [5.74, 6) is -0.201. The Morgan fingerprint density at radius 2 is 1.92 bits per heavy atom. The van der Waals surface area contributed by atoms with Gasteiger partial charge in [0.05, 0.1) is 12.2 Å². The summed E-state index contributed by atoms with van der Waals surface area (Å²) in [6.45, 7) is -0.419. The van der Waals surface area contributed by atoms with Gasteiger partial charge in [0.15, 0.2) is 0 Å². The number of carbonyl (C=O) groups is 1. The van der Waals surface area contributed by atoms with Gasteiger partial charge in [-0.25, -0.2) is 14.2 Å². The molecule has 25 heavy (non-hydrogen) atoms. The number of halogens is 3. The van der Waals surface area contributed by atoms with Gasteiger partial charge in [-0.3, -0.25) is 9.47 Å². The van der Waals surface area contributed by atoms with Crippen LogP contribution in [-0.4, -0.2) is 51.6 Å². The third-order valence-corrected chi connectivity index (χ3v) is 4.10. The molecule has 1 aliphatic heterocycles. The lowest BCUT2D eigenvalue weighted by Gasteiger charge is -2.34. The van der Waals surface area contributed by atoms with Crippen LogP contribution in [0.2, 0.25) is 0 Å². The fraction of sp³-hybridized carbons (Fsp3) is 0.375. The van der Waals surface area contributed by atoms with E-state index in [1.54, 1.807) is 17.0 Å². The lowest BCUT2D eigenvalue weighted by atomic mass is 10.3. The number of amides is 2. The van der Waals surface area contributed by atoms with E-state index < -0.39 is 12.4 Å². The molecule has 0 saturated carbocycles. The highest BCUT2D eigenvalue weighted by molar-refractivity contribution is 5.89. The summed E-state index contributed by atoms with van der Waals surface area (Å²) in [7, 11) is 0. The molecule has 1 aliphatic rings. The number of urea groups is 1. The van der Waals surface area contributed by atoms with Crippen molar-refractivity contribution < 1.29 is 18.0 Å². The van der Waals surface area contributed by atoms with Gasteiger partial charge in [0.1, 0.15) is 11.6 Å². The van der Waals surface area contributed by atoms with Crippen molar-refractivity contribution in [3.63, 3.8) is 0 Å². The number of aromatic nitrogens is 2. The molecule has 1 N–H and O–H groups in total. The van der Waals surface area contributed by atoms with Crippen LogP contribution in [0.5, 0.6) is 0 Å². The number of alkyl halides is 2. The Morgan fingerprint density at radius 3 is 2.60 bits per heavy atom. The number of nitrogens with one attached hydrogen (secondary N) is 1. The number of hydrogen-bond acceptors (Lipinski definition) is 3. The van der Waals surface area contributed by atoms with Crippen LogP contribution in [0.3, 0.4) is 0 Å². The van der Waals surface area contributed by atoms with Gasteiger partial charge >= 0.3 is 12.6 Å². The minimum atomic E-state index is -2.62. The van der Waals surface area contributed by atoms with Gasteiger partial charge in [-0.2, -0.15) is 8.78 Å². The van der Waals surface area contributed by atoms with Crippen molar-refractivity contribution in [3.8, 4) is 0 Å². The molecule has 6 nitrogen and oxygen atoms in total. The molecule has 0 atom stereocenters. The van der Waals surface area contributed by atoms with Gasteiger partial charge in [0.2, 0.25) is 0 Å². The second-order valence-electron chi connectivity index (χ2n) is 5.70. The number of piperazine rings is 1. The largest absolute Gasteiger partial charge is 0.322 e. The third kappa shape index (κ3) is 4.11. The molecular formula is C16H18F3N5O. The number of imidazole rings is 1. The zero-order valence-corrected chi connectivity index (χ0v) is 13.4. The van der Waals surface area contributed by atoms with E-state index in [-0.39, 0.29) is 11.7 Å². The number of rotatable bonds is 4. The summed E-state index contributed by atoms with van der Waals surface area (Å²) >= 11 is 0. The molecule has 0 aliphatic carbocycles. The van der Waals surface area contributed by atoms with E-state index in [4.69, 9.17) is 0 Å². The predicted octanol–water partition coefficient (Wildman–Crippen LogP) is 2.77. The first-order valence-corrected chi connectivity index (χ1v) is 7.87. The Hall–Kier alpha value is -2.55. The molecule has 1 saturated heterocycles. The average molecular weight is 353 g/mol. The van der Waals surface area contributed by atoms with Crippen LogP contribution < -0.4 is 5.32 Å². The topological polar surface area (TPSA) is 53.4 Å². The monoisotopic (exact) mass is 353 g/mol. The SMILES string of the molecule is O=C(Nc1ccccc1F)N1CCN(Cc2nccn2C(F)F)CC1. The van der Waals surface area contributed by atoms with Gasteiger partial charge in [-0.05, 0) is 12.1 Å². The highest BCUT2D eigenvalue weighted by atomic mass is 19.3. The number of hydrogen-bond donors (Lipinski definition) is 1. The summed E-state index contributed by atoms with van der Waals surface area (Å²) in [5.41, 5.74) is 0.133. The smallest absolute Gasteiger partial charge is 0.322 e. The molecule has 1 aromatic carbocycles. The van der Waals surface area contributed by atoms with E-state index in [0.29, 0.717) is 38.5 Å². The van der Waals surface area contributed by atoms with Gasteiger partial charge in [-0.1, -0.05) is 12.1 Å². The van der Waals surface area contributed by atoms with Gasteiger partial charge in [0, 0.05) is 38.6 Å². The van der Waals surface area contributed by atoms with Gasteiger partial charge in [0.25, 0.3) is 0 Å². The second-order valence-corrected chi connectivity index (χ2v) is 5.70. The molecule has 134 valence electrons. The molecule has 0 bridgehead atoms. The molecule has 3 rings (SSSR count). The Morgan fingerprint density at radius 1 is 1.20 bits per heavy atom. The number of benzene rings is 1. The first-order valence-electron chi connectivity index (χ1n) is 7.87. The molecule has 1 fully saturated rings. The molecule has 0 unspecified atom stereocenters. The average Bonchev–Trinajstić information content (AvgIpc) is 3.06. The van der Waals surface area contributed by atoms with Crippen LogP contribution in [0.1, 0.15) is 12.4 Å². The van der Waals surface area contributed by atoms with Crippen LogP contribution in [0.15, 0.2) is 36.7 Å². The minimum absolute atomic E-state index is 0.133. The maximum atomic E-state index is 13.6. The second kappa shape index (κ2) is 7.56. The van der Waals surface area contributed by atoms with E-state index in [1.165, 1.54) is 24.5 Å². The van der Waals surface area contributed by atoms with Crippen LogP contribution in [0, 0.1) is 5.82 Å². The summed E-state index contributed by atoms with van der Waals surface area (Å²) < 4.78 is 40.1. The lowest BCUT2D eigenvalue weighted by Crippen LogP contribution is -2.49. The van der Waals surface area contributed by atoms with E-state index in [9.17, 15) is 18.0 Å². The molecular weight excluding hydrogens is 335 g/mol. The highest BCUT2D eigenvalue weighted by Gasteiger charge is 2.23. The van der Waals surface area contributed by atoms with E-state index in [2.05, 4.69) is 10.3 Å². The van der Waals surface area contributed by atoms with E-state index in [1.807, 2.05) is 4.90 Å². The van der Waals surface area contributed by atoms with E-state index >= 15 is 0 Å².